The summed E-state index contributed by atoms with van der Waals surface area (Å²) >= 11 is 0. The van der Waals surface area contributed by atoms with E-state index in [2.05, 4.69) is 15.2 Å². The number of pyridine rings is 1. The molecule has 0 aliphatic heterocycles. The maximum atomic E-state index is 10.7. The van der Waals surface area contributed by atoms with Gasteiger partial charge >= 0.3 is 5.97 Å². The number of aromatic nitrogens is 3. The summed E-state index contributed by atoms with van der Waals surface area (Å²) in [6, 6.07) is 0. The molecule has 66 valence electrons. The lowest BCUT2D eigenvalue weighted by atomic mass is 10.2. The van der Waals surface area contributed by atoms with Gasteiger partial charge in [-0.15, -0.1) is 0 Å². The second-order valence-corrected chi connectivity index (χ2v) is 2.52. The van der Waals surface area contributed by atoms with Gasteiger partial charge in [0.25, 0.3) is 0 Å². The van der Waals surface area contributed by atoms with Crippen molar-refractivity contribution in [1.82, 2.24) is 15.2 Å². The van der Waals surface area contributed by atoms with Gasteiger partial charge < -0.3 is 10.8 Å². The summed E-state index contributed by atoms with van der Waals surface area (Å²) in [6.45, 7) is 0. The van der Waals surface area contributed by atoms with Crippen LogP contribution in [-0.2, 0) is 0 Å². The number of rotatable bonds is 1. The van der Waals surface area contributed by atoms with E-state index in [0.29, 0.717) is 10.9 Å². The number of nitrogen functional groups attached to an aromatic ring is 1. The maximum Gasteiger partial charge on any atom is 0.338 e. The Balaban J connectivity index is 2.88. The fraction of sp³-hybridized carbons (Fsp3) is 0. The van der Waals surface area contributed by atoms with Crippen molar-refractivity contribution in [2.24, 2.45) is 0 Å². The lowest BCUT2D eigenvalue weighted by molar-refractivity contribution is 0.0698. The number of nitrogens with zero attached hydrogens (tertiary/aromatic N) is 2. The molecule has 0 aromatic carbocycles. The molecule has 0 aliphatic carbocycles. The zero-order chi connectivity index (χ0) is 9.42. The van der Waals surface area contributed by atoms with Crippen LogP contribution in [0, 0.1) is 0 Å². The number of carbonyl (C=O) groups is 1. The van der Waals surface area contributed by atoms with Crippen molar-refractivity contribution in [3.8, 4) is 0 Å². The van der Waals surface area contributed by atoms with E-state index < -0.39 is 5.97 Å². The zero-order valence-corrected chi connectivity index (χ0v) is 6.48. The van der Waals surface area contributed by atoms with Gasteiger partial charge in [-0.1, -0.05) is 0 Å². The molecule has 0 spiro atoms. The normalized spacial score (nSPS) is 10.5. The summed E-state index contributed by atoms with van der Waals surface area (Å²) in [4.78, 5) is 14.5. The van der Waals surface area contributed by atoms with Crippen molar-refractivity contribution in [2.45, 2.75) is 0 Å². The maximum absolute atomic E-state index is 10.7. The molecule has 0 aliphatic rings. The van der Waals surface area contributed by atoms with E-state index in [1.54, 1.807) is 0 Å². The summed E-state index contributed by atoms with van der Waals surface area (Å²) in [6.07, 6.45) is 2.72. The number of hydrogen-bond acceptors (Lipinski definition) is 4. The molecule has 6 nitrogen and oxygen atoms in total. The first-order chi connectivity index (χ1) is 6.20. The zero-order valence-electron chi connectivity index (χ0n) is 6.48. The predicted octanol–water partition coefficient (Wildman–Crippen LogP) is 0.238. The summed E-state index contributed by atoms with van der Waals surface area (Å²) in [5, 5.41) is 15.5. The van der Waals surface area contributed by atoms with Crippen LogP contribution < -0.4 is 5.73 Å². The second kappa shape index (κ2) is 2.44. The number of nitrogens with one attached hydrogen (secondary N) is 1. The van der Waals surface area contributed by atoms with Crippen LogP contribution in [0.3, 0.4) is 0 Å². The molecular formula is C7H6N4O2. The largest absolute Gasteiger partial charge is 0.478 e. The molecule has 2 aromatic rings. The van der Waals surface area contributed by atoms with Crippen molar-refractivity contribution in [3.05, 3.63) is 18.0 Å². The fourth-order valence-electron chi connectivity index (χ4n) is 1.16. The van der Waals surface area contributed by atoms with Crippen LogP contribution in [0.5, 0.6) is 0 Å². The third-order valence-corrected chi connectivity index (χ3v) is 1.73. The van der Waals surface area contributed by atoms with Gasteiger partial charge in [-0.3, -0.25) is 10.1 Å². The highest BCUT2D eigenvalue weighted by atomic mass is 16.4. The van der Waals surface area contributed by atoms with E-state index in [9.17, 15) is 4.79 Å². The van der Waals surface area contributed by atoms with Crippen molar-refractivity contribution >= 4 is 22.7 Å². The van der Waals surface area contributed by atoms with Gasteiger partial charge in [-0.25, -0.2) is 4.79 Å². The second-order valence-electron chi connectivity index (χ2n) is 2.52. The Bertz CT molecular complexity index is 476. The van der Waals surface area contributed by atoms with Gasteiger partial charge in [-0.2, -0.15) is 5.10 Å². The Morgan fingerprint density at radius 2 is 2.31 bits per heavy atom. The smallest absolute Gasteiger partial charge is 0.338 e. The molecule has 2 heterocycles. The Kier molecular flexibility index (Phi) is 1.42. The van der Waals surface area contributed by atoms with Crippen molar-refractivity contribution in [3.63, 3.8) is 0 Å². The first-order valence-corrected chi connectivity index (χ1v) is 3.51. The van der Waals surface area contributed by atoms with Gasteiger partial charge in [0.1, 0.15) is 0 Å². The van der Waals surface area contributed by atoms with Crippen molar-refractivity contribution < 1.29 is 9.90 Å². The van der Waals surface area contributed by atoms with Crippen LogP contribution >= 0.6 is 0 Å². The monoisotopic (exact) mass is 178 g/mol. The first-order valence-electron chi connectivity index (χ1n) is 3.51. The van der Waals surface area contributed by atoms with Crippen LogP contribution in [0.15, 0.2) is 12.4 Å². The van der Waals surface area contributed by atoms with E-state index in [1.165, 1.54) is 12.4 Å². The molecule has 2 rings (SSSR count). The van der Waals surface area contributed by atoms with Crippen molar-refractivity contribution in [2.75, 3.05) is 5.73 Å². The van der Waals surface area contributed by atoms with Crippen LogP contribution in [-0.4, -0.2) is 26.3 Å². The van der Waals surface area contributed by atoms with E-state index in [4.69, 9.17) is 10.8 Å². The number of carboxylic acids is 1. The molecule has 0 saturated carbocycles. The minimum absolute atomic E-state index is 0.0590. The van der Waals surface area contributed by atoms with Crippen LogP contribution in [0.1, 0.15) is 10.4 Å². The number of aromatic amines is 1. The lowest BCUT2D eigenvalue weighted by Crippen LogP contribution is -1.99. The number of carboxylic acid groups (broad SMARTS) is 1. The molecule has 0 radical (unpaired) electrons. The molecular weight excluding hydrogens is 172 g/mol. The van der Waals surface area contributed by atoms with Gasteiger partial charge in [0, 0.05) is 6.20 Å². The number of nitrogens with two attached hydrogens (primary N) is 1. The van der Waals surface area contributed by atoms with Crippen molar-refractivity contribution in [1.29, 1.82) is 0 Å². The van der Waals surface area contributed by atoms with Gasteiger partial charge in [0.2, 0.25) is 0 Å². The molecule has 0 atom stereocenters. The molecule has 0 fully saturated rings. The third kappa shape index (κ3) is 0.994. The van der Waals surface area contributed by atoms with E-state index in [1.807, 2.05) is 0 Å². The molecule has 0 bridgehead atoms. The number of hydrogen-bond donors (Lipinski definition) is 3. The minimum atomic E-state index is -1.06. The molecule has 0 saturated heterocycles. The molecule has 4 N–H and O–H groups in total. The topological polar surface area (TPSA) is 105 Å². The van der Waals surface area contributed by atoms with E-state index in [0.717, 1.165) is 0 Å². The quantitative estimate of drug-likeness (QED) is 0.580. The highest BCUT2D eigenvalue weighted by molar-refractivity contribution is 6.06. The predicted molar refractivity (Wildman–Crippen MR) is 45.3 cm³/mol. The summed E-state index contributed by atoms with van der Waals surface area (Å²) in [5.41, 5.74) is 6.07. The Morgan fingerprint density at radius 1 is 1.54 bits per heavy atom. The minimum Gasteiger partial charge on any atom is -0.478 e. The molecule has 0 amide bonds. The van der Waals surface area contributed by atoms with Crippen LogP contribution in [0.4, 0.5) is 5.82 Å². The molecule has 2 aromatic heterocycles. The summed E-state index contributed by atoms with van der Waals surface area (Å²) in [5.74, 6) is -0.888. The Morgan fingerprint density at radius 3 is 3.00 bits per heavy atom. The average Bonchev–Trinajstić information content (AvgIpc) is 2.48. The Hall–Kier alpha value is -2.11. The van der Waals surface area contributed by atoms with Gasteiger partial charge in [0.05, 0.1) is 22.7 Å². The summed E-state index contributed by atoms with van der Waals surface area (Å²) in [7, 11) is 0. The summed E-state index contributed by atoms with van der Waals surface area (Å²) < 4.78 is 0. The molecule has 0 unspecified atom stereocenters. The van der Waals surface area contributed by atoms with Gasteiger partial charge in [0.15, 0.2) is 5.82 Å². The van der Waals surface area contributed by atoms with E-state index >= 15 is 0 Å². The lowest BCUT2D eigenvalue weighted by Gasteiger charge is -1.95. The number of anilines is 1. The first kappa shape index (κ1) is 7.53. The number of fused-ring (bicyclic) bond motifs is 1. The number of H-pyrrole nitrogens is 1. The average molecular weight is 178 g/mol. The van der Waals surface area contributed by atoms with E-state index in [-0.39, 0.29) is 11.4 Å². The van der Waals surface area contributed by atoms with Gasteiger partial charge in [-0.05, 0) is 0 Å². The van der Waals surface area contributed by atoms with Crippen LogP contribution in [0.25, 0.3) is 10.9 Å². The molecule has 13 heavy (non-hydrogen) atoms. The third-order valence-electron chi connectivity index (χ3n) is 1.73. The molecule has 6 heteroatoms. The highest BCUT2D eigenvalue weighted by Gasteiger charge is 2.13. The SMILES string of the molecule is Nc1n[nH]c2cncc(C(=O)O)c12. The standard InChI is InChI=1S/C7H6N4O2/c8-6-5-3(7(12)13)1-9-2-4(5)10-11-6/h1-2H,(H,12,13)(H3,8,10,11). The number of aromatic carboxylic acids is 1. The fourth-order valence-corrected chi connectivity index (χ4v) is 1.16. The van der Waals surface area contributed by atoms with Crippen LogP contribution in [0.2, 0.25) is 0 Å². The Labute approximate surface area is 72.4 Å². The highest BCUT2D eigenvalue weighted by Crippen LogP contribution is 2.20.